The number of aliphatic hydroxyl groups is 1. The van der Waals surface area contributed by atoms with Gasteiger partial charge in [-0.2, -0.15) is 0 Å². The number of rotatable bonds is 12. The highest BCUT2D eigenvalue weighted by atomic mass is 79.9. The van der Waals surface area contributed by atoms with Gasteiger partial charge < -0.3 is 19.9 Å². The number of hydrogen-bond acceptors (Lipinski definition) is 4. The zero-order valence-electron chi connectivity index (χ0n) is 15.9. The third kappa shape index (κ3) is 7.24. The Morgan fingerprint density at radius 1 is 1.07 bits per heavy atom. The van der Waals surface area contributed by atoms with Crippen LogP contribution in [0.4, 0.5) is 4.39 Å². The molecule has 4 nitrogen and oxygen atoms in total. The van der Waals surface area contributed by atoms with Gasteiger partial charge in [-0.05, 0) is 62.6 Å². The number of ether oxygens (including phenoxy) is 2. The summed E-state index contributed by atoms with van der Waals surface area (Å²) >= 11 is 9.67. The van der Waals surface area contributed by atoms with E-state index in [1.54, 1.807) is 6.07 Å². The summed E-state index contributed by atoms with van der Waals surface area (Å²) in [5.41, 5.74) is 1.77. The summed E-state index contributed by atoms with van der Waals surface area (Å²) in [6, 6.07) is 8.08. The smallest absolute Gasteiger partial charge is 0.162 e. The molecule has 0 saturated heterocycles. The molecule has 154 valence electrons. The summed E-state index contributed by atoms with van der Waals surface area (Å²) in [5.74, 6) is 0.876. The first-order valence-corrected chi connectivity index (χ1v) is 10.6. The molecule has 0 saturated carbocycles. The Morgan fingerprint density at radius 3 is 2.57 bits per heavy atom. The molecule has 0 heterocycles. The Bertz CT molecular complexity index is 761. The van der Waals surface area contributed by atoms with Crippen LogP contribution < -0.4 is 14.8 Å². The normalized spacial score (nSPS) is 10.9. The van der Waals surface area contributed by atoms with Gasteiger partial charge in [-0.3, -0.25) is 0 Å². The highest BCUT2D eigenvalue weighted by Gasteiger charge is 2.12. The molecule has 0 amide bonds. The predicted molar refractivity (Wildman–Crippen MR) is 114 cm³/mol. The molecule has 7 heteroatoms. The summed E-state index contributed by atoms with van der Waals surface area (Å²) in [6.07, 6.45) is 2.87. The molecular weight excluding hydrogens is 449 g/mol. The third-order valence-electron chi connectivity index (χ3n) is 4.14. The number of unbranched alkanes of at least 4 members (excludes halogenated alkanes) is 2. The first-order chi connectivity index (χ1) is 13.5. The van der Waals surface area contributed by atoms with Gasteiger partial charge in [0.2, 0.25) is 0 Å². The predicted octanol–water partition coefficient (Wildman–Crippen LogP) is 5.47. The fourth-order valence-corrected chi connectivity index (χ4v) is 3.33. The lowest BCUT2D eigenvalue weighted by Gasteiger charge is -2.16. The first-order valence-electron chi connectivity index (χ1n) is 9.38. The number of nitrogens with one attached hydrogen (secondary N) is 1. The third-order valence-corrected chi connectivity index (χ3v) is 5.23. The number of halogens is 3. The van der Waals surface area contributed by atoms with Gasteiger partial charge in [0.25, 0.3) is 0 Å². The molecule has 2 N–H and O–H groups in total. The van der Waals surface area contributed by atoms with Crippen molar-refractivity contribution in [3.05, 3.63) is 56.8 Å². The standard InChI is InChI=1S/C21H26BrClFNO3/c1-2-27-20-10-16(13-25-8-4-3-5-9-26)18(22)12-21(20)28-14-15-6-7-17(24)11-19(15)23/h6-7,10-12,25-26H,2-5,8-9,13-14H2,1H3. The molecule has 0 fully saturated rings. The average molecular weight is 475 g/mol. The zero-order chi connectivity index (χ0) is 20.4. The average Bonchev–Trinajstić information content (AvgIpc) is 2.66. The minimum atomic E-state index is -0.375. The van der Waals surface area contributed by atoms with Crippen molar-refractivity contribution in [2.75, 3.05) is 19.8 Å². The molecule has 0 spiro atoms. The second kappa shape index (κ2) is 12.3. The summed E-state index contributed by atoms with van der Waals surface area (Å²) in [6.45, 7) is 4.48. The van der Waals surface area contributed by atoms with Gasteiger partial charge in [-0.25, -0.2) is 4.39 Å². The Morgan fingerprint density at radius 2 is 1.86 bits per heavy atom. The minimum absolute atomic E-state index is 0.216. The molecule has 2 aromatic rings. The fourth-order valence-electron chi connectivity index (χ4n) is 2.65. The highest BCUT2D eigenvalue weighted by Crippen LogP contribution is 2.35. The number of aliphatic hydroxyl groups excluding tert-OH is 1. The second-order valence-electron chi connectivity index (χ2n) is 6.31. The van der Waals surface area contributed by atoms with Gasteiger partial charge in [0, 0.05) is 23.2 Å². The summed E-state index contributed by atoms with van der Waals surface area (Å²) in [5, 5.41) is 12.5. The van der Waals surface area contributed by atoms with Crippen molar-refractivity contribution in [1.29, 1.82) is 0 Å². The van der Waals surface area contributed by atoms with Crippen molar-refractivity contribution in [2.24, 2.45) is 0 Å². The largest absolute Gasteiger partial charge is 0.490 e. The molecule has 0 bridgehead atoms. The lowest BCUT2D eigenvalue weighted by molar-refractivity contribution is 0.268. The van der Waals surface area contributed by atoms with Crippen LogP contribution in [-0.2, 0) is 13.2 Å². The zero-order valence-corrected chi connectivity index (χ0v) is 18.3. The molecule has 0 aromatic heterocycles. The Kier molecular flexibility index (Phi) is 10.1. The molecule has 2 rings (SSSR count). The number of benzene rings is 2. The minimum Gasteiger partial charge on any atom is -0.490 e. The van der Waals surface area contributed by atoms with Gasteiger partial charge in [0.05, 0.1) is 11.6 Å². The van der Waals surface area contributed by atoms with Crippen LogP contribution in [0.15, 0.2) is 34.8 Å². The van der Waals surface area contributed by atoms with Crippen molar-refractivity contribution in [3.63, 3.8) is 0 Å². The molecular formula is C21H26BrClFNO3. The van der Waals surface area contributed by atoms with E-state index in [4.69, 9.17) is 26.2 Å². The van der Waals surface area contributed by atoms with Gasteiger partial charge in [-0.15, -0.1) is 0 Å². The van der Waals surface area contributed by atoms with Crippen LogP contribution in [0.2, 0.25) is 5.02 Å². The topological polar surface area (TPSA) is 50.7 Å². The van der Waals surface area contributed by atoms with Crippen molar-refractivity contribution < 1.29 is 19.0 Å². The van der Waals surface area contributed by atoms with E-state index < -0.39 is 0 Å². The van der Waals surface area contributed by atoms with E-state index in [2.05, 4.69) is 21.2 Å². The van der Waals surface area contributed by atoms with Gasteiger partial charge >= 0.3 is 0 Å². The molecule has 0 atom stereocenters. The van der Waals surface area contributed by atoms with Gasteiger partial charge in [0.15, 0.2) is 11.5 Å². The van der Waals surface area contributed by atoms with Crippen molar-refractivity contribution in [1.82, 2.24) is 5.32 Å². The maximum absolute atomic E-state index is 13.2. The Hall–Kier alpha value is -1.34. The van der Waals surface area contributed by atoms with E-state index in [1.165, 1.54) is 12.1 Å². The first kappa shape index (κ1) is 22.9. The summed E-state index contributed by atoms with van der Waals surface area (Å²) in [4.78, 5) is 0. The summed E-state index contributed by atoms with van der Waals surface area (Å²) in [7, 11) is 0. The molecule has 28 heavy (non-hydrogen) atoms. The maximum Gasteiger partial charge on any atom is 0.162 e. The van der Waals surface area contributed by atoms with Crippen molar-refractivity contribution in [2.45, 2.75) is 39.3 Å². The van der Waals surface area contributed by atoms with Crippen LogP contribution in [0.3, 0.4) is 0 Å². The van der Waals surface area contributed by atoms with E-state index in [1.807, 2.05) is 19.1 Å². The van der Waals surface area contributed by atoms with Gasteiger partial charge in [0.1, 0.15) is 12.4 Å². The van der Waals surface area contributed by atoms with Gasteiger partial charge in [-0.1, -0.05) is 33.6 Å². The molecule has 0 aliphatic rings. The Balaban J connectivity index is 2.02. The highest BCUT2D eigenvalue weighted by molar-refractivity contribution is 9.10. The van der Waals surface area contributed by atoms with E-state index >= 15 is 0 Å². The van der Waals surface area contributed by atoms with E-state index in [0.717, 1.165) is 35.8 Å². The molecule has 0 unspecified atom stereocenters. The van der Waals surface area contributed by atoms with Crippen LogP contribution in [0.25, 0.3) is 0 Å². The van der Waals surface area contributed by atoms with E-state index in [0.29, 0.717) is 35.2 Å². The van der Waals surface area contributed by atoms with E-state index in [9.17, 15) is 4.39 Å². The second-order valence-corrected chi connectivity index (χ2v) is 7.57. The fraction of sp³-hybridized carbons (Fsp3) is 0.429. The molecule has 0 aliphatic carbocycles. The van der Waals surface area contributed by atoms with Crippen LogP contribution >= 0.6 is 27.5 Å². The maximum atomic E-state index is 13.2. The lowest BCUT2D eigenvalue weighted by Crippen LogP contribution is -2.15. The van der Waals surface area contributed by atoms with E-state index in [-0.39, 0.29) is 19.0 Å². The molecule has 0 radical (unpaired) electrons. The number of hydrogen-bond donors (Lipinski definition) is 2. The lowest BCUT2D eigenvalue weighted by atomic mass is 10.2. The SMILES string of the molecule is CCOc1cc(CNCCCCCO)c(Br)cc1OCc1ccc(F)cc1Cl. The molecule has 0 aliphatic heterocycles. The van der Waals surface area contributed by atoms with Crippen LogP contribution in [0, 0.1) is 5.82 Å². The van der Waals surface area contributed by atoms with Crippen LogP contribution in [0.1, 0.15) is 37.3 Å². The van der Waals surface area contributed by atoms with Crippen LogP contribution in [0.5, 0.6) is 11.5 Å². The van der Waals surface area contributed by atoms with Crippen molar-refractivity contribution in [3.8, 4) is 11.5 Å². The van der Waals surface area contributed by atoms with Crippen LogP contribution in [-0.4, -0.2) is 24.9 Å². The quantitative estimate of drug-likeness (QED) is 0.400. The Labute approximate surface area is 179 Å². The molecule has 2 aromatic carbocycles. The monoisotopic (exact) mass is 473 g/mol. The van der Waals surface area contributed by atoms with Crippen molar-refractivity contribution >= 4 is 27.5 Å². The summed E-state index contributed by atoms with van der Waals surface area (Å²) < 4.78 is 25.7.